The van der Waals surface area contributed by atoms with E-state index in [-0.39, 0.29) is 23.8 Å². The van der Waals surface area contributed by atoms with E-state index in [2.05, 4.69) is 15.6 Å². The lowest BCUT2D eigenvalue weighted by Crippen LogP contribution is -2.48. The highest BCUT2D eigenvalue weighted by Gasteiger charge is 2.51. The summed E-state index contributed by atoms with van der Waals surface area (Å²) in [6.45, 7) is -0.00275. The second-order valence-electron chi connectivity index (χ2n) is 8.51. The molecule has 4 fully saturated rings. The van der Waals surface area contributed by atoms with Gasteiger partial charge >= 0.3 is 0 Å². The van der Waals surface area contributed by atoms with Crippen LogP contribution in [0.4, 0.5) is 5.69 Å². The van der Waals surface area contributed by atoms with Crippen LogP contribution in [-0.2, 0) is 9.59 Å². The molecule has 140 valence electrons. The predicted molar refractivity (Wildman–Crippen MR) is 97.7 cm³/mol. The first-order valence-corrected chi connectivity index (χ1v) is 9.60. The van der Waals surface area contributed by atoms with Crippen molar-refractivity contribution < 1.29 is 14.3 Å². The van der Waals surface area contributed by atoms with E-state index in [1.165, 1.54) is 44.7 Å². The van der Waals surface area contributed by atoms with Crippen LogP contribution in [0.15, 0.2) is 18.3 Å². The van der Waals surface area contributed by atoms with Crippen LogP contribution in [0.1, 0.15) is 44.9 Å². The predicted octanol–water partition coefficient (Wildman–Crippen LogP) is 2.75. The van der Waals surface area contributed by atoms with Crippen LogP contribution in [0.25, 0.3) is 0 Å². The minimum Gasteiger partial charge on any atom is -0.481 e. The molecule has 0 spiro atoms. The smallest absolute Gasteiger partial charge is 0.243 e. The van der Waals surface area contributed by atoms with Gasteiger partial charge in [-0.2, -0.15) is 0 Å². The van der Waals surface area contributed by atoms with Crippen molar-refractivity contribution in [3.05, 3.63) is 18.3 Å². The van der Waals surface area contributed by atoms with Gasteiger partial charge in [0.05, 0.1) is 25.5 Å². The molecule has 26 heavy (non-hydrogen) atoms. The molecule has 0 radical (unpaired) electrons. The number of ether oxygens (including phenoxy) is 1. The van der Waals surface area contributed by atoms with Gasteiger partial charge in [0.15, 0.2) is 0 Å². The van der Waals surface area contributed by atoms with Gasteiger partial charge in [0.1, 0.15) is 0 Å². The third kappa shape index (κ3) is 3.69. The number of carbonyl (C=O) groups is 2. The fourth-order valence-electron chi connectivity index (χ4n) is 5.87. The summed E-state index contributed by atoms with van der Waals surface area (Å²) in [5.41, 5.74) is 0.793. The number of carbonyl (C=O) groups excluding carboxylic acids is 2. The van der Waals surface area contributed by atoms with E-state index >= 15 is 0 Å². The number of rotatable bonds is 6. The summed E-state index contributed by atoms with van der Waals surface area (Å²) in [4.78, 5) is 28.5. The largest absolute Gasteiger partial charge is 0.481 e. The van der Waals surface area contributed by atoms with E-state index < -0.39 is 0 Å². The molecule has 0 atom stereocenters. The fourth-order valence-corrected chi connectivity index (χ4v) is 5.87. The lowest BCUT2D eigenvalue weighted by Gasteiger charge is -2.56. The highest BCUT2D eigenvalue weighted by molar-refractivity contribution is 5.94. The van der Waals surface area contributed by atoms with E-state index in [0.717, 1.165) is 17.8 Å². The molecular weight excluding hydrogens is 330 g/mol. The van der Waals surface area contributed by atoms with Gasteiger partial charge in [-0.05, 0) is 67.8 Å². The Hall–Kier alpha value is -2.11. The minimum atomic E-state index is -0.240. The van der Waals surface area contributed by atoms with Crippen LogP contribution in [0, 0.1) is 23.2 Å². The quantitative estimate of drug-likeness (QED) is 0.820. The molecule has 2 amide bonds. The number of aromatic nitrogens is 1. The van der Waals surface area contributed by atoms with Crippen molar-refractivity contribution in [2.24, 2.45) is 23.2 Å². The van der Waals surface area contributed by atoms with Gasteiger partial charge in [0.2, 0.25) is 17.7 Å². The Labute approximate surface area is 154 Å². The number of pyridine rings is 1. The lowest BCUT2D eigenvalue weighted by molar-refractivity contribution is -0.131. The topological polar surface area (TPSA) is 80.3 Å². The maximum Gasteiger partial charge on any atom is 0.243 e. The normalized spacial score (nSPS) is 31.5. The zero-order valence-electron chi connectivity index (χ0n) is 15.3. The van der Waals surface area contributed by atoms with E-state index in [9.17, 15) is 9.59 Å². The maximum absolute atomic E-state index is 12.4. The minimum absolute atomic E-state index is 0.00275. The SMILES string of the molecule is COc1ccc(NC(=O)CNC(=O)CC23CC4CC(CC(C4)C2)C3)cn1. The first-order chi connectivity index (χ1) is 12.5. The summed E-state index contributed by atoms with van der Waals surface area (Å²) in [6, 6.07) is 3.40. The van der Waals surface area contributed by atoms with Crippen LogP contribution in [0.3, 0.4) is 0 Å². The second-order valence-corrected chi connectivity index (χ2v) is 8.51. The Morgan fingerprint density at radius 1 is 1.12 bits per heavy atom. The summed E-state index contributed by atoms with van der Waals surface area (Å²) in [7, 11) is 1.54. The summed E-state index contributed by atoms with van der Waals surface area (Å²) in [5, 5.41) is 5.54. The number of hydrogen-bond donors (Lipinski definition) is 2. The third-order valence-corrected chi connectivity index (χ3v) is 6.38. The maximum atomic E-state index is 12.4. The summed E-state index contributed by atoms with van der Waals surface area (Å²) in [5.74, 6) is 2.76. The third-order valence-electron chi connectivity index (χ3n) is 6.38. The lowest BCUT2D eigenvalue weighted by atomic mass is 9.49. The van der Waals surface area contributed by atoms with E-state index in [1.807, 2.05) is 0 Å². The van der Waals surface area contributed by atoms with Crippen LogP contribution in [-0.4, -0.2) is 30.5 Å². The molecule has 6 heteroatoms. The van der Waals surface area contributed by atoms with Crippen molar-refractivity contribution in [1.29, 1.82) is 0 Å². The molecule has 1 aromatic rings. The van der Waals surface area contributed by atoms with Crippen LogP contribution >= 0.6 is 0 Å². The Balaban J connectivity index is 1.25. The number of amides is 2. The Morgan fingerprint density at radius 3 is 2.31 bits per heavy atom. The van der Waals surface area contributed by atoms with E-state index in [4.69, 9.17) is 4.74 Å². The molecule has 4 aliphatic carbocycles. The van der Waals surface area contributed by atoms with Gasteiger partial charge in [-0.1, -0.05) is 0 Å². The van der Waals surface area contributed by atoms with Gasteiger partial charge in [-0.25, -0.2) is 4.98 Å². The van der Waals surface area contributed by atoms with Gasteiger partial charge in [-0.3, -0.25) is 9.59 Å². The van der Waals surface area contributed by atoms with Crippen LogP contribution in [0.5, 0.6) is 5.88 Å². The zero-order chi connectivity index (χ0) is 18.1. The zero-order valence-corrected chi connectivity index (χ0v) is 15.3. The van der Waals surface area contributed by atoms with Gasteiger partial charge in [0, 0.05) is 12.5 Å². The van der Waals surface area contributed by atoms with Crippen molar-refractivity contribution in [2.75, 3.05) is 19.0 Å². The highest BCUT2D eigenvalue weighted by Crippen LogP contribution is 2.61. The molecule has 4 saturated carbocycles. The van der Waals surface area contributed by atoms with Crippen molar-refractivity contribution in [3.8, 4) is 5.88 Å². The average molecular weight is 357 g/mol. The summed E-state index contributed by atoms with van der Waals surface area (Å²) in [6.07, 6.45) is 9.85. The number of anilines is 1. The van der Waals surface area contributed by atoms with E-state index in [0.29, 0.717) is 18.0 Å². The average Bonchev–Trinajstić information content (AvgIpc) is 2.59. The second kappa shape index (κ2) is 6.89. The molecule has 0 aliphatic heterocycles. The Kier molecular flexibility index (Phi) is 4.59. The molecular formula is C20H27N3O3. The van der Waals surface area contributed by atoms with Crippen molar-refractivity contribution in [2.45, 2.75) is 44.9 Å². The molecule has 4 bridgehead atoms. The van der Waals surface area contributed by atoms with Crippen LogP contribution in [0.2, 0.25) is 0 Å². The molecule has 5 rings (SSSR count). The molecule has 2 N–H and O–H groups in total. The molecule has 4 aliphatic rings. The first-order valence-electron chi connectivity index (χ1n) is 9.60. The van der Waals surface area contributed by atoms with Gasteiger partial charge in [-0.15, -0.1) is 0 Å². The van der Waals surface area contributed by atoms with Gasteiger partial charge in [0.25, 0.3) is 0 Å². The number of methoxy groups -OCH3 is 1. The summed E-state index contributed by atoms with van der Waals surface area (Å²) >= 11 is 0. The van der Waals surface area contributed by atoms with Crippen LogP contribution < -0.4 is 15.4 Å². The fraction of sp³-hybridized carbons (Fsp3) is 0.650. The monoisotopic (exact) mass is 357 g/mol. The van der Waals surface area contributed by atoms with Crippen molar-refractivity contribution in [1.82, 2.24) is 10.3 Å². The number of hydrogen-bond acceptors (Lipinski definition) is 4. The highest BCUT2D eigenvalue weighted by atomic mass is 16.5. The van der Waals surface area contributed by atoms with Crippen molar-refractivity contribution >= 4 is 17.5 Å². The molecule has 0 aromatic carbocycles. The van der Waals surface area contributed by atoms with E-state index in [1.54, 1.807) is 19.2 Å². The molecule has 0 unspecified atom stereocenters. The van der Waals surface area contributed by atoms with Crippen molar-refractivity contribution in [3.63, 3.8) is 0 Å². The number of nitrogens with zero attached hydrogens (tertiary/aromatic N) is 1. The summed E-state index contributed by atoms with van der Waals surface area (Å²) < 4.78 is 4.99. The molecule has 1 aromatic heterocycles. The Morgan fingerprint density at radius 2 is 1.77 bits per heavy atom. The molecule has 1 heterocycles. The molecule has 6 nitrogen and oxygen atoms in total. The molecule has 0 saturated heterocycles. The Bertz CT molecular complexity index is 651. The van der Waals surface area contributed by atoms with Gasteiger partial charge < -0.3 is 15.4 Å². The standard InChI is InChI=1S/C20H27N3O3/c1-26-19-3-2-16(11-22-19)23-18(25)12-21-17(24)10-20-7-13-4-14(8-20)6-15(5-13)9-20/h2-3,11,13-15H,4-10,12H2,1H3,(H,21,24)(H,23,25). The first kappa shape index (κ1) is 17.3. The number of nitrogens with one attached hydrogen (secondary N) is 2.